The van der Waals surface area contributed by atoms with Crippen molar-refractivity contribution in [3.63, 3.8) is 0 Å². The number of nitrogens with one attached hydrogen (secondary N) is 1. The maximum atomic E-state index is 9.29. The molecule has 0 amide bonds. The smallest absolute Gasteiger partial charge is 0.122 e. The summed E-state index contributed by atoms with van der Waals surface area (Å²) in [6.45, 7) is 5.42. The minimum absolute atomic E-state index is 0.349. The second-order valence-corrected chi connectivity index (χ2v) is 3.48. The molecule has 0 aromatic rings. The van der Waals surface area contributed by atoms with Crippen LogP contribution in [0.2, 0.25) is 0 Å². The van der Waals surface area contributed by atoms with Gasteiger partial charge in [-0.1, -0.05) is 0 Å². The first-order valence-corrected chi connectivity index (χ1v) is 3.72. The zero-order valence-electron chi connectivity index (χ0n) is 7.33. The van der Waals surface area contributed by atoms with Crippen LogP contribution in [-0.4, -0.2) is 34.6 Å². The SMILES string of the molecule is CC(O)CNC(O)C(C)(C)N. The van der Waals surface area contributed by atoms with Crippen molar-refractivity contribution in [3.8, 4) is 0 Å². The predicted octanol–water partition coefficient (Wildman–Crippen LogP) is -0.987. The Labute approximate surface area is 67.4 Å². The summed E-state index contributed by atoms with van der Waals surface area (Å²) < 4.78 is 0. The third kappa shape index (κ3) is 5.15. The van der Waals surface area contributed by atoms with Gasteiger partial charge >= 0.3 is 0 Å². The Morgan fingerprint density at radius 2 is 1.91 bits per heavy atom. The molecule has 0 aliphatic rings. The van der Waals surface area contributed by atoms with Crippen LogP contribution in [0.3, 0.4) is 0 Å². The van der Waals surface area contributed by atoms with Crippen molar-refractivity contribution in [1.29, 1.82) is 0 Å². The zero-order chi connectivity index (χ0) is 9.07. The van der Waals surface area contributed by atoms with Crippen LogP contribution in [0.25, 0.3) is 0 Å². The van der Waals surface area contributed by atoms with E-state index in [0.29, 0.717) is 6.54 Å². The van der Waals surface area contributed by atoms with Gasteiger partial charge in [-0.05, 0) is 20.8 Å². The van der Waals surface area contributed by atoms with Gasteiger partial charge in [-0.3, -0.25) is 5.32 Å². The number of hydrogen-bond donors (Lipinski definition) is 4. The van der Waals surface area contributed by atoms with Crippen LogP contribution in [0.5, 0.6) is 0 Å². The van der Waals surface area contributed by atoms with Crippen LogP contribution in [0, 0.1) is 0 Å². The number of aliphatic hydroxyl groups excluding tert-OH is 2. The van der Waals surface area contributed by atoms with Gasteiger partial charge in [-0.2, -0.15) is 0 Å². The minimum atomic E-state index is -0.780. The Morgan fingerprint density at radius 3 is 2.18 bits per heavy atom. The first-order valence-electron chi connectivity index (χ1n) is 3.72. The molecule has 0 aliphatic heterocycles. The van der Waals surface area contributed by atoms with Crippen LogP contribution in [0.4, 0.5) is 0 Å². The Kier molecular flexibility index (Phi) is 3.96. The molecular weight excluding hydrogens is 144 g/mol. The maximum absolute atomic E-state index is 9.29. The molecule has 0 rings (SSSR count). The van der Waals surface area contributed by atoms with Crippen molar-refractivity contribution < 1.29 is 10.2 Å². The van der Waals surface area contributed by atoms with Gasteiger partial charge in [-0.15, -0.1) is 0 Å². The van der Waals surface area contributed by atoms with Crippen LogP contribution < -0.4 is 11.1 Å². The highest BCUT2D eigenvalue weighted by Crippen LogP contribution is 2.00. The Bertz CT molecular complexity index is 109. The number of nitrogens with two attached hydrogens (primary N) is 1. The summed E-state index contributed by atoms with van der Waals surface area (Å²) in [5.74, 6) is 0. The summed E-state index contributed by atoms with van der Waals surface area (Å²) in [5.41, 5.74) is 4.90. The monoisotopic (exact) mass is 162 g/mol. The van der Waals surface area contributed by atoms with Crippen molar-refractivity contribution in [1.82, 2.24) is 5.32 Å². The second kappa shape index (κ2) is 4.01. The van der Waals surface area contributed by atoms with Crippen molar-refractivity contribution in [3.05, 3.63) is 0 Å². The van der Waals surface area contributed by atoms with E-state index in [1.807, 2.05) is 0 Å². The van der Waals surface area contributed by atoms with Gasteiger partial charge in [0.05, 0.1) is 6.10 Å². The highest BCUT2D eigenvalue weighted by atomic mass is 16.3. The van der Waals surface area contributed by atoms with E-state index in [0.717, 1.165) is 0 Å². The lowest BCUT2D eigenvalue weighted by Crippen LogP contribution is -2.54. The van der Waals surface area contributed by atoms with Gasteiger partial charge in [0.15, 0.2) is 0 Å². The fraction of sp³-hybridized carbons (Fsp3) is 1.00. The van der Waals surface area contributed by atoms with Crippen LogP contribution >= 0.6 is 0 Å². The van der Waals surface area contributed by atoms with Crippen molar-refractivity contribution in [2.24, 2.45) is 5.73 Å². The molecule has 4 nitrogen and oxygen atoms in total. The van der Waals surface area contributed by atoms with Gasteiger partial charge in [0.25, 0.3) is 0 Å². The first-order chi connectivity index (χ1) is 4.84. The van der Waals surface area contributed by atoms with E-state index in [2.05, 4.69) is 5.32 Å². The fourth-order valence-corrected chi connectivity index (χ4v) is 0.545. The first kappa shape index (κ1) is 10.8. The summed E-state index contributed by atoms with van der Waals surface area (Å²) in [7, 11) is 0. The number of aliphatic hydroxyl groups is 2. The summed E-state index contributed by atoms with van der Waals surface area (Å²) >= 11 is 0. The molecule has 0 aromatic carbocycles. The lowest BCUT2D eigenvalue weighted by molar-refractivity contribution is 0.0568. The molecule has 4 heteroatoms. The molecule has 0 radical (unpaired) electrons. The van der Waals surface area contributed by atoms with E-state index < -0.39 is 17.9 Å². The van der Waals surface area contributed by atoms with Crippen LogP contribution in [0.15, 0.2) is 0 Å². The Morgan fingerprint density at radius 1 is 1.45 bits per heavy atom. The maximum Gasteiger partial charge on any atom is 0.122 e. The van der Waals surface area contributed by atoms with Gasteiger partial charge in [0.2, 0.25) is 0 Å². The predicted molar refractivity (Wildman–Crippen MR) is 44.0 cm³/mol. The van der Waals surface area contributed by atoms with Gasteiger partial charge in [-0.25, -0.2) is 0 Å². The topological polar surface area (TPSA) is 78.5 Å². The molecule has 0 fully saturated rings. The average Bonchev–Trinajstić information content (AvgIpc) is 1.80. The fourth-order valence-electron chi connectivity index (χ4n) is 0.545. The van der Waals surface area contributed by atoms with Crippen molar-refractivity contribution in [2.45, 2.75) is 38.6 Å². The molecule has 0 spiro atoms. The molecule has 0 saturated carbocycles. The molecule has 11 heavy (non-hydrogen) atoms. The van der Waals surface area contributed by atoms with Crippen LogP contribution in [-0.2, 0) is 0 Å². The molecule has 0 bridgehead atoms. The number of rotatable bonds is 4. The molecule has 68 valence electrons. The lowest BCUT2D eigenvalue weighted by atomic mass is 10.1. The second-order valence-electron chi connectivity index (χ2n) is 3.48. The van der Waals surface area contributed by atoms with Crippen molar-refractivity contribution >= 4 is 0 Å². The molecule has 2 unspecified atom stereocenters. The molecule has 0 aliphatic carbocycles. The van der Waals surface area contributed by atoms with E-state index in [1.165, 1.54) is 0 Å². The molecule has 0 heterocycles. The van der Waals surface area contributed by atoms with E-state index in [9.17, 15) is 5.11 Å². The van der Waals surface area contributed by atoms with E-state index >= 15 is 0 Å². The van der Waals surface area contributed by atoms with E-state index in [-0.39, 0.29) is 0 Å². The zero-order valence-corrected chi connectivity index (χ0v) is 7.33. The standard InChI is InChI=1S/C7H18N2O2/c1-5(10)4-9-6(11)7(2,3)8/h5-6,9-11H,4,8H2,1-3H3. The minimum Gasteiger partial charge on any atom is -0.392 e. The van der Waals surface area contributed by atoms with Gasteiger partial charge < -0.3 is 15.9 Å². The molecule has 0 saturated heterocycles. The van der Waals surface area contributed by atoms with Crippen molar-refractivity contribution in [2.75, 3.05) is 6.54 Å². The normalized spacial score (nSPS) is 18.0. The van der Waals surface area contributed by atoms with Gasteiger partial charge in [0.1, 0.15) is 6.23 Å². The quantitative estimate of drug-likeness (QED) is 0.400. The highest BCUT2D eigenvalue weighted by molar-refractivity contribution is 4.79. The summed E-state index contributed by atoms with van der Waals surface area (Å²) in [4.78, 5) is 0. The van der Waals surface area contributed by atoms with E-state index in [1.54, 1.807) is 20.8 Å². The molecule has 5 N–H and O–H groups in total. The van der Waals surface area contributed by atoms with E-state index in [4.69, 9.17) is 10.8 Å². The largest absolute Gasteiger partial charge is 0.392 e. The summed E-state index contributed by atoms with van der Waals surface area (Å²) in [5, 5.41) is 20.8. The molecule has 2 atom stereocenters. The highest BCUT2D eigenvalue weighted by Gasteiger charge is 2.21. The third-order valence-corrected chi connectivity index (χ3v) is 1.31. The van der Waals surface area contributed by atoms with Crippen LogP contribution in [0.1, 0.15) is 20.8 Å². The average molecular weight is 162 g/mol. The number of hydrogen-bond acceptors (Lipinski definition) is 4. The molecular formula is C7H18N2O2. The third-order valence-electron chi connectivity index (χ3n) is 1.31. The lowest BCUT2D eigenvalue weighted by Gasteiger charge is -2.27. The molecule has 0 aromatic heterocycles. The summed E-state index contributed by atoms with van der Waals surface area (Å²) in [6.07, 6.45) is -1.25. The Hall–Kier alpha value is -0.160. The summed E-state index contributed by atoms with van der Waals surface area (Å²) in [6, 6.07) is 0. The van der Waals surface area contributed by atoms with Gasteiger partial charge in [0, 0.05) is 12.1 Å². The Balaban J connectivity index is 3.61.